The van der Waals surface area contributed by atoms with Crippen molar-refractivity contribution >= 4 is 69.6 Å². The maximum absolute atomic E-state index is 12.8. The van der Waals surface area contributed by atoms with Crippen molar-refractivity contribution in [1.29, 1.82) is 0 Å². The van der Waals surface area contributed by atoms with Crippen LogP contribution in [0.15, 0.2) is 42.5 Å². The first-order valence-corrected chi connectivity index (χ1v) is 12.8. The third kappa shape index (κ3) is 7.61. The fraction of sp³-hybridized carbons (Fsp3) is 0.292. The van der Waals surface area contributed by atoms with Gasteiger partial charge in [-0.05, 0) is 36.2 Å². The second-order valence-electron chi connectivity index (χ2n) is 8.13. The van der Waals surface area contributed by atoms with Gasteiger partial charge in [-0.1, -0.05) is 53.2 Å². The summed E-state index contributed by atoms with van der Waals surface area (Å²) >= 11 is 13.1. The van der Waals surface area contributed by atoms with Gasteiger partial charge in [0.05, 0.1) is 15.6 Å². The molecule has 1 heterocycles. The van der Waals surface area contributed by atoms with E-state index in [9.17, 15) is 29.1 Å². The number of halogens is 2. The van der Waals surface area contributed by atoms with Gasteiger partial charge in [0, 0.05) is 30.8 Å². The normalized spacial score (nSPS) is 15.8. The predicted molar refractivity (Wildman–Crippen MR) is 139 cm³/mol. The molecule has 0 unspecified atom stereocenters. The van der Waals surface area contributed by atoms with Gasteiger partial charge in [-0.3, -0.25) is 19.2 Å². The van der Waals surface area contributed by atoms with Crippen LogP contribution in [0.2, 0.25) is 10.0 Å². The summed E-state index contributed by atoms with van der Waals surface area (Å²) in [6.07, 6.45) is -0.0137. The number of rotatable bonds is 11. The topological polar surface area (TPSA) is 153 Å². The smallest absolute Gasteiger partial charge is 0.326 e. The third-order valence-corrected chi connectivity index (χ3v) is 7.12. The lowest BCUT2D eigenvalue weighted by Crippen LogP contribution is -2.51. The van der Waals surface area contributed by atoms with Crippen molar-refractivity contribution in [3.05, 3.63) is 63.6 Å². The molecule has 4 N–H and O–H groups in total. The van der Waals surface area contributed by atoms with E-state index >= 15 is 0 Å². The van der Waals surface area contributed by atoms with Crippen molar-refractivity contribution in [1.82, 2.24) is 10.2 Å². The molecular formula is C24H23Cl2N3O7S. The summed E-state index contributed by atoms with van der Waals surface area (Å²) in [7, 11) is 0. The summed E-state index contributed by atoms with van der Waals surface area (Å²) < 4.78 is 0. The van der Waals surface area contributed by atoms with Gasteiger partial charge in [0.1, 0.15) is 12.1 Å². The second-order valence-corrected chi connectivity index (χ2v) is 9.92. The van der Waals surface area contributed by atoms with E-state index in [1.165, 1.54) is 4.90 Å². The molecule has 0 radical (unpaired) electrons. The molecule has 0 aromatic heterocycles. The summed E-state index contributed by atoms with van der Waals surface area (Å²) in [6, 6.07) is 8.93. The van der Waals surface area contributed by atoms with Gasteiger partial charge < -0.3 is 25.7 Å². The van der Waals surface area contributed by atoms with E-state index in [4.69, 9.17) is 28.3 Å². The fourth-order valence-electron chi connectivity index (χ4n) is 3.65. The van der Waals surface area contributed by atoms with E-state index in [0.717, 1.165) is 11.8 Å². The number of hydrogen-bond acceptors (Lipinski definition) is 6. The number of hydrogen-bond donors (Lipinski definition) is 4. The zero-order valence-electron chi connectivity index (χ0n) is 19.3. The number of nitrogens with one attached hydrogen (secondary N) is 2. The number of carboxylic acids is 2. The Balaban J connectivity index is 1.62. The Labute approximate surface area is 226 Å². The molecule has 1 aliphatic heterocycles. The summed E-state index contributed by atoms with van der Waals surface area (Å²) in [4.78, 5) is 61.3. The van der Waals surface area contributed by atoms with Gasteiger partial charge in [0.15, 0.2) is 0 Å². The van der Waals surface area contributed by atoms with E-state index in [1.807, 2.05) is 0 Å². The molecule has 0 aliphatic carbocycles. The number of carbonyl (C=O) groups excluding carboxylic acids is 3. The van der Waals surface area contributed by atoms with E-state index in [2.05, 4.69) is 10.6 Å². The van der Waals surface area contributed by atoms with Crippen molar-refractivity contribution in [2.45, 2.75) is 31.3 Å². The number of carboxylic acid groups (broad SMARTS) is 2. The minimum Gasteiger partial charge on any atom is -0.481 e. The summed E-state index contributed by atoms with van der Waals surface area (Å²) in [5, 5.41) is 23.6. The zero-order valence-corrected chi connectivity index (χ0v) is 21.6. The van der Waals surface area contributed by atoms with Crippen LogP contribution in [0.3, 0.4) is 0 Å². The minimum absolute atomic E-state index is 0.0432. The zero-order chi connectivity index (χ0) is 27.1. The van der Waals surface area contributed by atoms with Gasteiger partial charge in [-0.25, -0.2) is 4.79 Å². The number of nitrogens with zero attached hydrogens (tertiary/aromatic N) is 1. The summed E-state index contributed by atoms with van der Waals surface area (Å²) in [5.41, 5.74) is 1.14. The molecule has 0 spiro atoms. The molecule has 1 aliphatic rings. The number of aliphatic carboxylic acids is 2. The Kier molecular flexibility index (Phi) is 9.79. The number of carbonyl (C=O) groups is 5. The lowest BCUT2D eigenvalue weighted by molar-refractivity contribution is -0.142. The van der Waals surface area contributed by atoms with Gasteiger partial charge in [0.25, 0.3) is 11.1 Å². The number of anilines is 1. The molecule has 13 heteroatoms. The summed E-state index contributed by atoms with van der Waals surface area (Å²) in [6.45, 7) is 0.0839. The standard InChI is InChI=1S/C24H23Cl2N3O7S/c25-15-3-1-4-16(26)20(15)22(33)27-14-8-6-13(7-9-14)11-17(23(34)35)28-21(32)18-12-37-24(36)29(18)10-2-5-19(30)31/h1,3-4,6-9,17-18H,2,5,10-12H2,(H,27,33)(H,28,32)(H,30,31)(H,34,35)/t17-,18-/m1/s1. The molecule has 10 nitrogen and oxygen atoms in total. The van der Waals surface area contributed by atoms with E-state index < -0.39 is 35.8 Å². The highest BCUT2D eigenvalue weighted by Gasteiger charge is 2.38. The van der Waals surface area contributed by atoms with Crippen molar-refractivity contribution in [3.8, 4) is 0 Å². The van der Waals surface area contributed by atoms with Gasteiger partial charge >= 0.3 is 11.9 Å². The van der Waals surface area contributed by atoms with Crippen LogP contribution in [0.4, 0.5) is 10.5 Å². The van der Waals surface area contributed by atoms with Gasteiger partial charge in [-0.15, -0.1) is 0 Å². The Hall–Kier alpha value is -3.28. The van der Waals surface area contributed by atoms with Crippen LogP contribution < -0.4 is 10.6 Å². The molecular weight excluding hydrogens is 545 g/mol. The fourth-order valence-corrected chi connectivity index (χ4v) is 5.24. The predicted octanol–water partition coefficient (Wildman–Crippen LogP) is 3.76. The molecule has 2 aromatic carbocycles. The van der Waals surface area contributed by atoms with E-state index in [0.29, 0.717) is 11.3 Å². The average Bonchev–Trinajstić information content (AvgIpc) is 3.19. The van der Waals surface area contributed by atoms with E-state index in [1.54, 1.807) is 42.5 Å². The maximum atomic E-state index is 12.8. The number of amides is 3. The highest BCUT2D eigenvalue weighted by Crippen LogP contribution is 2.26. The number of thioether (sulfide) groups is 1. The molecule has 1 fully saturated rings. The quantitative estimate of drug-likeness (QED) is 0.320. The van der Waals surface area contributed by atoms with Crippen molar-refractivity contribution in [2.24, 2.45) is 0 Å². The highest BCUT2D eigenvalue weighted by atomic mass is 35.5. The van der Waals surface area contributed by atoms with Crippen LogP contribution in [0.5, 0.6) is 0 Å². The lowest BCUT2D eigenvalue weighted by atomic mass is 10.0. The molecule has 2 atom stereocenters. The molecule has 0 bridgehead atoms. The largest absolute Gasteiger partial charge is 0.481 e. The maximum Gasteiger partial charge on any atom is 0.326 e. The van der Waals surface area contributed by atoms with E-state index in [-0.39, 0.29) is 52.4 Å². The molecule has 3 amide bonds. The lowest BCUT2D eigenvalue weighted by Gasteiger charge is -2.24. The Morgan fingerprint density at radius 3 is 2.30 bits per heavy atom. The molecule has 2 aromatic rings. The van der Waals surface area contributed by atoms with Gasteiger partial charge in [-0.2, -0.15) is 0 Å². The summed E-state index contributed by atoms with van der Waals surface area (Å²) in [5.74, 6) is -3.25. The van der Waals surface area contributed by atoms with Crippen molar-refractivity contribution < 1.29 is 34.2 Å². The van der Waals surface area contributed by atoms with Gasteiger partial charge in [0.2, 0.25) is 5.91 Å². The first-order chi connectivity index (χ1) is 17.6. The van der Waals surface area contributed by atoms with Crippen LogP contribution in [0.1, 0.15) is 28.8 Å². The first kappa shape index (κ1) is 28.3. The molecule has 196 valence electrons. The van der Waals surface area contributed by atoms with Crippen LogP contribution in [0.25, 0.3) is 0 Å². The highest BCUT2D eigenvalue weighted by molar-refractivity contribution is 8.13. The van der Waals surface area contributed by atoms with Crippen LogP contribution in [-0.4, -0.2) is 68.5 Å². The molecule has 1 saturated heterocycles. The minimum atomic E-state index is -1.27. The molecule has 0 saturated carbocycles. The molecule has 37 heavy (non-hydrogen) atoms. The Morgan fingerprint density at radius 1 is 1.05 bits per heavy atom. The molecule has 3 rings (SSSR count). The van der Waals surface area contributed by atoms with Crippen LogP contribution in [0, 0.1) is 0 Å². The third-order valence-electron chi connectivity index (χ3n) is 5.52. The monoisotopic (exact) mass is 567 g/mol. The average molecular weight is 568 g/mol. The number of benzene rings is 2. The first-order valence-electron chi connectivity index (χ1n) is 11.1. The Bertz CT molecular complexity index is 1190. The van der Waals surface area contributed by atoms with Crippen LogP contribution >= 0.6 is 35.0 Å². The van der Waals surface area contributed by atoms with Crippen molar-refractivity contribution in [3.63, 3.8) is 0 Å². The second kappa shape index (κ2) is 12.8. The van der Waals surface area contributed by atoms with Crippen LogP contribution in [-0.2, 0) is 20.8 Å². The SMILES string of the molecule is O=C(O)CCCN1C(=O)SC[C@@H]1C(=O)N[C@H](Cc1ccc(NC(=O)c2c(Cl)cccc2Cl)cc1)C(=O)O. The van der Waals surface area contributed by atoms with Crippen molar-refractivity contribution in [2.75, 3.05) is 17.6 Å². The Morgan fingerprint density at radius 2 is 1.70 bits per heavy atom.